The van der Waals surface area contributed by atoms with E-state index in [0.29, 0.717) is 0 Å². The molecule has 1 aromatic carbocycles. The van der Waals surface area contributed by atoms with Crippen molar-refractivity contribution in [2.45, 2.75) is 33.2 Å². The van der Waals surface area contributed by atoms with Crippen LogP contribution in [-0.2, 0) is 0 Å². The van der Waals surface area contributed by atoms with Crippen LogP contribution in [0.15, 0.2) is 39.2 Å². The summed E-state index contributed by atoms with van der Waals surface area (Å²) >= 11 is 3.56. The van der Waals surface area contributed by atoms with Crippen molar-refractivity contribution in [3.05, 3.63) is 46.1 Å². The van der Waals surface area contributed by atoms with Gasteiger partial charge in [0.2, 0.25) is 0 Å². The molecule has 1 unspecified atom stereocenters. The maximum absolute atomic E-state index is 5.98. The van der Waals surface area contributed by atoms with Gasteiger partial charge in [0.25, 0.3) is 0 Å². The van der Waals surface area contributed by atoms with E-state index >= 15 is 0 Å². The molecule has 0 aliphatic rings. The van der Waals surface area contributed by atoms with Crippen molar-refractivity contribution in [2.75, 3.05) is 6.54 Å². The Morgan fingerprint density at radius 2 is 2.05 bits per heavy atom. The third-order valence-corrected chi connectivity index (χ3v) is 4.15. The van der Waals surface area contributed by atoms with Gasteiger partial charge in [-0.3, -0.25) is 0 Å². The summed E-state index contributed by atoms with van der Waals surface area (Å²) in [5, 5.41) is 3.44. The van der Waals surface area contributed by atoms with E-state index < -0.39 is 0 Å². The summed E-state index contributed by atoms with van der Waals surface area (Å²) in [6.45, 7) is 7.40. The van der Waals surface area contributed by atoms with Crippen LogP contribution in [0, 0.1) is 6.92 Å². The van der Waals surface area contributed by atoms with Gasteiger partial charge in [0.05, 0.1) is 6.04 Å². The second-order valence-corrected chi connectivity index (χ2v) is 5.64. The van der Waals surface area contributed by atoms with Crippen molar-refractivity contribution >= 4 is 15.9 Å². The second kappa shape index (κ2) is 6.40. The fourth-order valence-electron chi connectivity index (χ4n) is 2.07. The van der Waals surface area contributed by atoms with Crippen LogP contribution in [0.1, 0.15) is 37.6 Å². The predicted molar refractivity (Wildman–Crippen MR) is 83.3 cm³/mol. The van der Waals surface area contributed by atoms with Gasteiger partial charge < -0.3 is 9.73 Å². The number of halogens is 1. The van der Waals surface area contributed by atoms with Crippen molar-refractivity contribution in [3.8, 4) is 11.3 Å². The summed E-state index contributed by atoms with van der Waals surface area (Å²) in [5.41, 5.74) is 2.35. The first-order valence-electron chi connectivity index (χ1n) is 6.72. The van der Waals surface area contributed by atoms with Gasteiger partial charge in [0.15, 0.2) is 0 Å². The lowest BCUT2D eigenvalue weighted by molar-refractivity contribution is 0.438. The average Bonchev–Trinajstić information content (AvgIpc) is 2.88. The molecule has 1 heterocycles. The summed E-state index contributed by atoms with van der Waals surface area (Å²) in [4.78, 5) is 0. The number of hydrogen-bond acceptors (Lipinski definition) is 2. The number of furan rings is 1. The Morgan fingerprint density at radius 3 is 2.79 bits per heavy atom. The Balaban J connectivity index is 2.23. The molecule has 0 spiro atoms. The maximum Gasteiger partial charge on any atom is 0.134 e. The van der Waals surface area contributed by atoms with E-state index in [-0.39, 0.29) is 6.04 Å². The van der Waals surface area contributed by atoms with Gasteiger partial charge in [-0.25, -0.2) is 0 Å². The Bertz CT molecular complexity index is 547. The van der Waals surface area contributed by atoms with Crippen molar-refractivity contribution in [3.63, 3.8) is 0 Å². The number of hydrogen-bond donors (Lipinski definition) is 1. The van der Waals surface area contributed by atoms with Gasteiger partial charge in [0.1, 0.15) is 11.5 Å². The van der Waals surface area contributed by atoms with E-state index in [2.05, 4.69) is 54.2 Å². The Morgan fingerprint density at radius 1 is 1.26 bits per heavy atom. The van der Waals surface area contributed by atoms with E-state index in [1.54, 1.807) is 0 Å². The van der Waals surface area contributed by atoms with Crippen LogP contribution in [0.3, 0.4) is 0 Å². The predicted octanol–water partition coefficient (Wildman–Crippen LogP) is 5.08. The van der Waals surface area contributed by atoms with Gasteiger partial charge in [0, 0.05) is 10.0 Å². The zero-order valence-electron chi connectivity index (χ0n) is 11.7. The first kappa shape index (κ1) is 14.4. The topological polar surface area (TPSA) is 25.2 Å². The Kier molecular flexibility index (Phi) is 4.83. The minimum absolute atomic E-state index is 0.251. The summed E-state index contributed by atoms with van der Waals surface area (Å²) in [5.74, 6) is 1.92. The monoisotopic (exact) mass is 321 g/mol. The molecule has 3 heteroatoms. The minimum Gasteiger partial charge on any atom is -0.459 e. The zero-order chi connectivity index (χ0) is 13.8. The molecule has 2 nitrogen and oxygen atoms in total. The smallest absolute Gasteiger partial charge is 0.134 e. The normalized spacial score (nSPS) is 12.6. The molecule has 0 aliphatic heterocycles. The highest BCUT2D eigenvalue weighted by molar-refractivity contribution is 9.10. The van der Waals surface area contributed by atoms with Gasteiger partial charge in [-0.2, -0.15) is 0 Å². The van der Waals surface area contributed by atoms with Crippen LogP contribution in [-0.4, -0.2) is 6.54 Å². The molecule has 0 fully saturated rings. The van der Waals surface area contributed by atoms with Crippen LogP contribution < -0.4 is 5.32 Å². The first-order chi connectivity index (χ1) is 9.13. The lowest BCUT2D eigenvalue weighted by Crippen LogP contribution is -2.18. The molecule has 1 aromatic heterocycles. The van der Waals surface area contributed by atoms with Gasteiger partial charge in [-0.15, -0.1) is 0 Å². The summed E-state index contributed by atoms with van der Waals surface area (Å²) in [6.07, 6.45) is 1.13. The van der Waals surface area contributed by atoms with Crippen LogP contribution in [0.4, 0.5) is 0 Å². The number of benzene rings is 1. The van der Waals surface area contributed by atoms with Crippen molar-refractivity contribution in [1.82, 2.24) is 5.32 Å². The van der Waals surface area contributed by atoms with Gasteiger partial charge >= 0.3 is 0 Å². The molecule has 1 N–H and O–H groups in total. The van der Waals surface area contributed by atoms with Crippen LogP contribution in [0.25, 0.3) is 11.3 Å². The third-order valence-electron chi connectivity index (χ3n) is 3.29. The van der Waals surface area contributed by atoms with E-state index in [9.17, 15) is 0 Å². The SMILES string of the molecule is CCCNC(C)c1ccc(-c2cccc(Br)c2C)o1. The zero-order valence-corrected chi connectivity index (χ0v) is 13.3. The van der Waals surface area contributed by atoms with E-state index in [1.165, 1.54) is 5.56 Å². The molecule has 19 heavy (non-hydrogen) atoms. The largest absolute Gasteiger partial charge is 0.459 e. The quantitative estimate of drug-likeness (QED) is 0.830. The molecule has 102 valence electrons. The van der Waals surface area contributed by atoms with Gasteiger partial charge in [-0.1, -0.05) is 35.0 Å². The fraction of sp³-hybridized carbons (Fsp3) is 0.375. The molecule has 0 bridgehead atoms. The molecular formula is C16H20BrNO. The summed E-state index contributed by atoms with van der Waals surface area (Å²) in [6, 6.07) is 10.5. The van der Waals surface area contributed by atoms with Crippen molar-refractivity contribution in [1.29, 1.82) is 0 Å². The van der Waals surface area contributed by atoms with Crippen molar-refractivity contribution < 1.29 is 4.42 Å². The molecule has 0 saturated carbocycles. The number of nitrogens with one attached hydrogen (secondary N) is 1. The molecule has 1 atom stereocenters. The average molecular weight is 322 g/mol. The van der Waals surface area contributed by atoms with Crippen molar-refractivity contribution in [2.24, 2.45) is 0 Å². The van der Waals surface area contributed by atoms with Crippen LogP contribution in [0.2, 0.25) is 0 Å². The molecule has 0 radical (unpaired) electrons. The molecule has 0 amide bonds. The van der Waals surface area contributed by atoms with Crippen LogP contribution >= 0.6 is 15.9 Å². The van der Waals surface area contributed by atoms with E-state index in [1.807, 2.05) is 18.2 Å². The highest BCUT2D eigenvalue weighted by Crippen LogP contribution is 2.31. The van der Waals surface area contributed by atoms with Crippen LogP contribution in [0.5, 0.6) is 0 Å². The molecular weight excluding hydrogens is 302 g/mol. The number of rotatable bonds is 5. The third kappa shape index (κ3) is 3.28. The standard InChI is InChI=1S/C16H20BrNO/c1-4-10-18-12(3)15-8-9-16(19-15)13-6-5-7-14(17)11(13)2/h5-9,12,18H,4,10H2,1-3H3. The molecule has 0 aliphatic carbocycles. The minimum atomic E-state index is 0.251. The highest BCUT2D eigenvalue weighted by Gasteiger charge is 2.12. The first-order valence-corrected chi connectivity index (χ1v) is 7.51. The molecule has 2 rings (SSSR count). The summed E-state index contributed by atoms with van der Waals surface area (Å²) in [7, 11) is 0. The maximum atomic E-state index is 5.98. The highest BCUT2D eigenvalue weighted by atomic mass is 79.9. The Hall–Kier alpha value is -1.06. The van der Waals surface area contributed by atoms with Gasteiger partial charge in [-0.05, 0) is 50.6 Å². The van der Waals surface area contributed by atoms with E-state index in [4.69, 9.17) is 4.42 Å². The summed E-state index contributed by atoms with van der Waals surface area (Å²) < 4.78 is 7.09. The Labute approximate surface area is 123 Å². The second-order valence-electron chi connectivity index (χ2n) is 4.79. The molecule has 0 saturated heterocycles. The fourth-order valence-corrected chi connectivity index (χ4v) is 2.43. The van der Waals surface area contributed by atoms with E-state index in [0.717, 1.165) is 34.5 Å². The molecule has 2 aromatic rings. The lowest BCUT2D eigenvalue weighted by atomic mass is 10.1. The lowest BCUT2D eigenvalue weighted by Gasteiger charge is -2.10.